The Hall–Kier alpha value is -4.54. The predicted octanol–water partition coefficient (Wildman–Crippen LogP) is 5.47. The molecular weight excluding hydrogens is 579 g/mol. The molecule has 13 heteroatoms. The first-order valence-corrected chi connectivity index (χ1v) is 13.0. The van der Waals surface area contributed by atoms with Crippen LogP contribution in [0, 0.1) is 0 Å². The SMILES string of the molecule is C.CCc1cc2c(Cl)ccnc2nc1-c1cnn(C)c1.Cn1cc(-c2nc3nccc(Cl)c3cc2CO)cn1.O=C=O. The number of pyridine rings is 4. The fourth-order valence-electron chi connectivity index (χ4n) is 4.14. The van der Waals surface area contributed by atoms with Crippen LogP contribution in [-0.2, 0) is 36.7 Å². The summed E-state index contributed by atoms with van der Waals surface area (Å²) in [5.41, 5.74) is 6.53. The third-order valence-corrected chi connectivity index (χ3v) is 6.68. The molecule has 6 aromatic heterocycles. The van der Waals surface area contributed by atoms with Gasteiger partial charge in [0, 0.05) is 66.3 Å². The molecule has 0 fully saturated rings. The monoisotopic (exact) mass is 606 g/mol. The minimum absolute atomic E-state index is 0. The third-order valence-electron chi connectivity index (χ3n) is 6.02. The van der Waals surface area contributed by atoms with Crippen molar-refractivity contribution in [1.29, 1.82) is 0 Å². The molecule has 0 bridgehead atoms. The summed E-state index contributed by atoms with van der Waals surface area (Å²) >= 11 is 12.3. The molecule has 1 N–H and O–H groups in total. The summed E-state index contributed by atoms with van der Waals surface area (Å²) in [6.45, 7) is 1.99. The average Bonchev–Trinajstić information content (AvgIpc) is 3.61. The summed E-state index contributed by atoms with van der Waals surface area (Å²) in [7, 11) is 3.73. The van der Waals surface area contributed by atoms with Crippen LogP contribution < -0.4 is 0 Å². The van der Waals surface area contributed by atoms with E-state index >= 15 is 0 Å². The Balaban J connectivity index is 0.000000207. The molecule has 0 spiro atoms. The van der Waals surface area contributed by atoms with Crippen LogP contribution in [0.4, 0.5) is 0 Å². The van der Waals surface area contributed by atoms with Gasteiger partial charge in [-0.25, -0.2) is 19.9 Å². The highest BCUT2D eigenvalue weighted by Crippen LogP contribution is 2.29. The maximum absolute atomic E-state index is 9.51. The second-order valence-electron chi connectivity index (χ2n) is 8.72. The highest BCUT2D eigenvalue weighted by Gasteiger charge is 2.13. The number of aryl methyl sites for hydroxylation is 3. The normalized spacial score (nSPS) is 10.2. The van der Waals surface area contributed by atoms with Crippen LogP contribution in [0.5, 0.6) is 0 Å². The summed E-state index contributed by atoms with van der Waals surface area (Å²) < 4.78 is 3.46. The number of aliphatic hydroxyl groups excluding tert-OH is 1. The van der Waals surface area contributed by atoms with E-state index in [0.717, 1.165) is 39.6 Å². The van der Waals surface area contributed by atoms with Crippen molar-refractivity contribution in [2.75, 3.05) is 0 Å². The molecule has 0 radical (unpaired) electrons. The third kappa shape index (κ3) is 7.02. The first-order valence-electron chi connectivity index (χ1n) is 12.3. The zero-order valence-corrected chi connectivity index (χ0v) is 23.8. The highest BCUT2D eigenvalue weighted by molar-refractivity contribution is 6.35. The summed E-state index contributed by atoms with van der Waals surface area (Å²) in [6.07, 6.45) is 11.8. The van der Waals surface area contributed by atoms with Crippen LogP contribution in [-0.4, -0.2) is 50.8 Å². The summed E-state index contributed by atoms with van der Waals surface area (Å²) in [6, 6.07) is 7.38. The fraction of sp³-hybridized carbons (Fsp3) is 0.207. The number of aromatic nitrogens is 8. The van der Waals surface area contributed by atoms with E-state index in [0.29, 0.717) is 32.6 Å². The molecule has 0 atom stereocenters. The molecule has 0 saturated carbocycles. The molecule has 6 heterocycles. The van der Waals surface area contributed by atoms with Gasteiger partial charge in [0.25, 0.3) is 0 Å². The summed E-state index contributed by atoms with van der Waals surface area (Å²) in [5.74, 6) is 0. The number of hydrogen-bond donors (Lipinski definition) is 1. The molecule has 42 heavy (non-hydrogen) atoms. The Kier molecular flexibility index (Phi) is 11.0. The van der Waals surface area contributed by atoms with E-state index in [4.69, 9.17) is 32.8 Å². The lowest BCUT2D eigenvalue weighted by Crippen LogP contribution is -1.95. The molecule has 11 nitrogen and oxygen atoms in total. The number of nitrogens with zero attached hydrogens (tertiary/aromatic N) is 8. The number of hydrogen-bond acceptors (Lipinski definition) is 9. The molecular formula is C29H28Cl2N8O3. The van der Waals surface area contributed by atoms with Crippen molar-refractivity contribution in [2.45, 2.75) is 27.4 Å². The van der Waals surface area contributed by atoms with Gasteiger partial charge in [0.05, 0.1) is 40.4 Å². The van der Waals surface area contributed by atoms with Crippen molar-refractivity contribution in [3.05, 3.63) is 82.6 Å². The Morgan fingerprint density at radius 1 is 0.810 bits per heavy atom. The molecule has 6 rings (SSSR count). The standard InChI is InChI=1S/C14H13ClN4.C13H11ClN4O.CO2.CH4/c1-3-9-6-11-12(15)4-5-16-14(11)18-13(9)10-7-17-19(2)8-10;1-18-6-9(5-16-18)12-8(7-19)4-10-11(14)2-3-15-13(10)17-12;2-1-3;/h4-8H,3H2,1-2H3;2-6,19H,7H2,1H3;;1H4. The molecule has 6 aromatic rings. The lowest BCUT2D eigenvalue weighted by molar-refractivity contribution is -0.191. The maximum Gasteiger partial charge on any atom is 0.373 e. The molecule has 0 amide bonds. The van der Waals surface area contributed by atoms with Crippen LogP contribution in [0.15, 0.2) is 61.4 Å². The van der Waals surface area contributed by atoms with E-state index in [1.54, 1.807) is 40.1 Å². The first kappa shape index (κ1) is 32.0. The Morgan fingerprint density at radius 2 is 1.24 bits per heavy atom. The molecule has 0 unspecified atom stereocenters. The highest BCUT2D eigenvalue weighted by atomic mass is 35.5. The zero-order chi connectivity index (χ0) is 29.5. The number of carbonyl (C=O) groups excluding carboxylic acids is 2. The largest absolute Gasteiger partial charge is 0.392 e. The minimum atomic E-state index is -0.113. The minimum Gasteiger partial charge on any atom is -0.392 e. The molecule has 0 aliphatic carbocycles. The van der Waals surface area contributed by atoms with Crippen molar-refractivity contribution < 1.29 is 14.7 Å². The van der Waals surface area contributed by atoms with Gasteiger partial charge in [0.15, 0.2) is 11.3 Å². The predicted molar refractivity (Wildman–Crippen MR) is 161 cm³/mol. The Morgan fingerprint density at radius 3 is 1.62 bits per heavy atom. The van der Waals surface area contributed by atoms with E-state index < -0.39 is 0 Å². The molecule has 0 aliphatic rings. The topological polar surface area (TPSA) is 142 Å². The van der Waals surface area contributed by atoms with Gasteiger partial charge >= 0.3 is 6.15 Å². The Labute approximate surface area is 251 Å². The van der Waals surface area contributed by atoms with Gasteiger partial charge in [0.1, 0.15) is 0 Å². The number of halogens is 2. The van der Waals surface area contributed by atoms with E-state index in [1.165, 1.54) is 0 Å². The molecule has 0 aliphatic heterocycles. The van der Waals surface area contributed by atoms with Crippen LogP contribution >= 0.6 is 23.2 Å². The first-order chi connectivity index (χ1) is 19.8. The van der Waals surface area contributed by atoms with E-state index in [9.17, 15) is 5.11 Å². The van der Waals surface area contributed by atoms with Gasteiger partial charge in [-0.3, -0.25) is 9.36 Å². The van der Waals surface area contributed by atoms with Crippen LogP contribution in [0.2, 0.25) is 10.0 Å². The molecule has 216 valence electrons. The van der Waals surface area contributed by atoms with Gasteiger partial charge < -0.3 is 5.11 Å². The Bertz CT molecular complexity index is 1730. The van der Waals surface area contributed by atoms with Crippen LogP contribution in [0.1, 0.15) is 25.5 Å². The lowest BCUT2D eigenvalue weighted by atomic mass is 10.1. The van der Waals surface area contributed by atoms with Crippen molar-refractivity contribution in [2.24, 2.45) is 14.1 Å². The molecule has 0 aromatic carbocycles. The van der Waals surface area contributed by atoms with Crippen molar-refractivity contribution in [3.8, 4) is 22.5 Å². The smallest absolute Gasteiger partial charge is 0.373 e. The summed E-state index contributed by atoms with van der Waals surface area (Å²) in [4.78, 5) is 33.9. The van der Waals surface area contributed by atoms with Crippen LogP contribution in [0.25, 0.3) is 44.6 Å². The lowest BCUT2D eigenvalue weighted by Gasteiger charge is -2.07. The number of fused-ring (bicyclic) bond motifs is 2. The van der Waals surface area contributed by atoms with Crippen LogP contribution in [0.3, 0.4) is 0 Å². The summed E-state index contributed by atoms with van der Waals surface area (Å²) in [5, 5.41) is 20.7. The quantitative estimate of drug-likeness (QED) is 0.276. The maximum atomic E-state index is 9.51. The average molecular weight is 608 g/mol. The van der Waals surface area contributed by atoms with Crippen molar-refractivity contribution >= 4 is 51.4 Å². The second kappa shape index (κ2) is 14.4. The van der Waals surface area contributed by atoms with Gasteiger partial charge in [-0.05, 0) is 36.2 Å². The molecule has 0 saturated heterocycles. The fourth-order valence-corrected chi connectivity index (χ4v) is 4.53. The number of rotatable bonds is 4. The van der Waals surface area contributed by atoms with Gasteiger partial charge in [-0.1, -0.05) is 37.6 Å². The zero-order valence-electron chi connectivity index (χ0n) is 22.3. The van der Waals surface area contributed by atoms with E-state index in [1.807, 2.05) is 38.8 Å². The van der Waals surface area contributed by atoms with Gasteiger partial charge in [-0.15, -0.1) is 0 Å². The second-order valence-corrected chi connectivity index (χ2v) is 9.53. The van der Waals surface area contributed by atoms with Crippen molar-refractivity contribution in [3.63, 3.8) is 0 Å². The van der Waals surface area contributed by atoms with E-state index in [2.05, 4.69) is 43.1 Å². The number of aliphatic hydroxyl groups is 1. The van der Waals surface area contributed by atoms with Gasteiger partial charge in [-0.2, -0.15) is 19.8 Å². The van der Waals surface area contributed by atoms with Gasteiger partial charge in [0.2, 0.25) is 0 Å². The van der Waals surface area contributed by atoms with Crippen molar-refractivity contribution in [1.82, 2.24) is 39.5 Å². The van der Waals surface area contributed by atoms with E-state index in [-0.39, 0.29) is 20.2 Å².